The molecule has 0 bridgehead atoms. The highest BCUT2D eigenvalue weighted by Crippen LogP contribution is 2.18. The SMILES string of the molecule is CCn1cc(NCc2cccc3cc[nH]c23)cn1. The Kier molecular flexibility index (Phi) is 2.76. The number of aromatic amines is 1. The molecule has 1 aromatic carbocycles. The summed E-state index contributed by atoms with van der Waals surface area (Å²) in [5, 5.41) is 8.89. The molecule has 0 spiro atoms. The van der Waals surface area contributed by atoms with Crippen molar-refractivity contribution < 1.29 is 0 Å². The van der Waals surface area contributed by atoms with Gasteiger partial charge in [0.05, 0.1) is 17.4 Å². The topological polar surface area (TPSA) is 45.6 Å². The van der Waals surface area contributed by atoms with Crippen LogP contribution in [0.4, 0.5) is 5.69 Å². The fourth-order valence-corrected chi connectivity index (χ4v) is 2.12. The van der Waals surface area contributed by atoms with E-state index >= 15 is 0 Å². The number of benzene rings is 1. The van der Waals surface area contributed by atoms with Crippen LogP contribution in [0.1, 0.15) is 12.5 Å². The molecule has 0 amide bonds. The van der Waals surface area contributed by atoms with E-state index in [4.69, 9.17) is 0 Å². The molecule has 0 saturated heterocycles. The fourth-order valence-electron chi connectivity index (χ4n) is 2.12. The molecule has 18 heavy (non-hydrogen) atoms. The summed E-state index contributed by atoms with van der Waals surface area (Å²) in [4.78, 5) is 3.28. The molecule has 0 saturated carbocycles. The van der Waals surface area contributed by atoms with Gasteiger partial charge in [0.25, 0.3) is 0 Å². The van der Waals surface area contributed by atoms with Gasteiger partial charge in [0.1, 0.15) is 0 Å². The zero-order valence-electron chi connectivity index (χ0n) is 10.4. The number of nitrogens with zero attached hydrogens (tertiary/aromatic N) is 2. The second kappa shape index (κ2) is 4.56. The van der Waals surface area contributed by atoms with Gasteiger partial charge >= 0.3 is 0 Å². The summed E-state index contributed by atoms with van der Waals surface area (Å²) in [5.41, 5.74) is 3.52. The van der Waals surface area contributed by atoms with Crippen molar-refractivity contribution in [1.29, 1.82) is 0 Å². The molecule has 0 unspecified atom stereocenters. The summed E-state index contributed by atoms with van der Waals surface area (Å²) in [5.74, 6) is 0. The molecule has 0 atom stereocenters. The number of fused-ring (bicyclic) bond motifs is 1. The second-order valence-corrected chi connectivity index (χ2v) is 4.30. The Hall–Kier alpha value is -2.23. The Morgan fingerprint density at radius 3 is 3.11 bits per heavy atom. The molecular weight excluding hydrogens is 224 g/mol. The number of hydrogen-bond acceptors (Lipinski definition) is 2. The molecule has 3 aromatic rings. The Labute approximate surface area is 106 Å². The van der Waals surface area contributed by atoms with Crippen molar-refractivity contribution in [2.75, 3.05) is 5.32 Å². The van der Waals surface area contributed by atoms with Crippen molar-refractivity contribution in [3.63, 3.8) is 0 Å². The van der Waals surface area contributed by atoms with Gasteiger partial charge in [-0.2, -0.15) is 5.10 Å². The highest BCUT2D eigenvalue weighted by Gasteiger charge is 2.02. The highest BCUT2D eigenvalue weighted by atomic mass is 15.3. The first kappa shape index (κ1) is 10.9. The van der Waals surface area contributed by atoms with Crippen LogP contribution in [-0.2, 0) is 13.1 Å². The lowest BCUT2D eigenvalue weighted by molar-refractivity contribution is 0.660. The average molecular weight is 240 g/mol. The number of nitrogens with one attached hydrogen (secondary N) is 2. The zero-order chi connectivity index (χ0) is 12.4. The van der Waals surface area contributed by atoms with Gasteiger partial charge in [-0.3, -0.25) is 4.68 Å². The molecule has 4 heteroatoms. The number of rotatable bonds is 4. The second-order valence-electron chi connectivity index (χ2n) is 4.30. The summed E-state index contributed by atoms with van der Waals surface area (Å²) in [6.45, 7) is 3.78. The Balaban J connectivity index is 1.78. The monoisotopic (exact) mass is 240 g/mol. The van der Waals surface area contributed by atoms with Gasteiger partial charge < -0.3 is 10.3 Å². The Bertz CT molecular complexity index is 650. The molecule has 92 valence electrons. The maximum Gasteiger partial charge on any atom is 0.0729 e. The summed E-state index contributed by atoms with van der Waals surface area (Å²) < 4.78 is 1.91. The lowest BCUT2D eigenvalue weighted by Gasteiger charge is -2.05. The maximum absolute atomic E-state index is 4.25. The molecule has 2 heterocycles. The number of H-pyrrole nitrogens is 1. The highest BCUT2D eigenvalue weighted by molar-refractivity contribution is 5.82. The Morgan fingerprint density at radius 2 is 2.28 bits per heavy atom. The van der Waals surface area contributed by atoms with Crippen molar-refractivity contribution in [1.82, 2.24) is 14.8 Å². The van der Waals surface area contributed by atoms with Crippen LogP contribution < -0.4 is 5.32 Å². The third-order valence-electron chi connectivity index (χ3n) is 3.11. The van der Waals surface area contributed by atoms with Crippen LogP contribution in [-0.4, -0.2) is 14.8 Å². The smallest absolute Gasteiger partial charge is 0.0729 e. The van der Waals surface area contributed by atoms with E-state index in [0.29, 0.717) is 0 Å². The molecule has 0 aliphatic carbocycles. The van der Waals surface area contributed by atoms with Crippen molar-refractivity contribution in [2.24, 2.45) is 0 Å². The van der Waals surface area contributed by atoms with E-state index in [1.54, 1.807) is 0 Å². The van der Waals surface area contributed by atoms with Crippen molar-refractivity contribution in [3.05, 3.63) is 48.4 Å². The van der Waals surface area contributed by atoms with Crippen LogP contribution >= 0.6 is 0 Å². The van der Waals surface area contributed by atoms with Crippen LogP contribution in [0.25, 0.3) is 10.9 Å². The van der Waals surface area contributed by atoms with Crippen LogP contribution in [0.15, 0.2) is 42.9 Å². The molecule has 2 aromatic heterocycles. The Morgan fingerprint density at radius 1 is 1.33 bits per heavy atom. The lowest BCUT2D eigenvalue weighted by Crippen LogP contribution is -1.99. The fraction of sp³-hybridized carbons (Fsp3) is 0.214. The number of para-hydroxylation sites is 1. The van der Waals surface area contributed by atoms with Gasteiger partial charge in [0.2, 0.25) is 0 Å². The van der Waals surface area contributed by atoms with E-state index in [1.807, 2.05) is 23.3 Å². The molecule has 0 aliphatic rings. The standard InChI is InChI=1S/C14H16N4/c1-2-18-10-13(9-17-18)16-8-12-5-3-4-11-6-7-15-14(11)12/h3-7,9-10,15-16H,2,8H2,1H3. The summed E-state index contributed by atoms with van der Waals surface area (Å²) >= 11 is 0. The number of hydrogen-bond donors (Lipinski definition) is 2. The van der Waals surface area contributed by atoms with Crippen LogP contribution in [0, 0.1) is 0 Å². The number of aromatic nitrogens is 3. The normalized spacial score (nSPS) is 10.9. The number of anilines is 1. The van der Waals surface area contributed by atoms with Gasteiger partial charge in [-0.25, -0.2) is 0 Å². The van der Waals surface area contributed by atoms with Gasteiger partial charge in [0.15, 0.2) is 0 Å². The predicted octanol–water partition coefficient (Wildman–Crippen LogP) is 3.00. The molecule has 4 nitrogen and oxygen atoms in total. The van der Waals surface area contributed by atoms with E-state index < -0.39 is 0 Å². The first-order valence-electron chi connectivity index (χ1n) is 6.18. The third-order valence-corrected chi connectivity index (χ3v) is 3.11. The molecular formula is C14H16N4. The molecule has 0 fully saturated rings. The minimum atomic E-state index is 0.799. The van der Waals surface area contributed by atoms with Gasteiger partial charge in [-0.15, -0.1) is 0 Å². The van der Waals surface area contributed by atoms with Crippen molar-refractivity contribution in [3.8, 4) is 0 Å². The van der Waals surface area contributed by atoms with E-state index in [-0.39, 0.29) is 0 Å². The number of aryl methyl sites for hydroxylation is 1. The van der Waals surface area contributed by atoms with Gasteiger partial charge in [-0.05, 0) is 23.9 Å². The first-order chi connectivity index (χ1) is 8.86. The quantitative estimate of drug-likeness (QED) is 0.736. The predicted molar refractivity (Wildman–Crippen MR) is 73.5 cm³/mol. The van der Waals surface area contributed by atoms with Crippen LogP contribution in [0.2, 0.25) is 0 Å². The summed E-state index contributed by atoms with van der Waals surface area (Å²) in [7, 11) is 0. The maximum atomic E-state index is 4.25. The van der Waals surface area contributed by atoms with E-state index in [0.717, 1.165) is 18.8 Å². The summed E-state index contributed by atoms with van der Waals surface area (Å²) in [6, 6.07) is 8.43. The van der Waals surface area contributed by atoms with Crippen LogP contribution in [0.5, 0.6) is 0 Å². The van der Waals surface area contributed by atoms with E-state index in [1.165, 1.54) is 16.5 Å². The van der Waals surface area contributed by atoms with Gasteiger partial charge in [-0.1, -0.05) is 18.2 Å². The largest absolute Gasteiger partial charge is 0.378 e. The van der Waals surface area contributed by atoms with Crippen LogP contribution in [0.3, 0.4) is 0 Å². The lowest BCUT2D eigenvalue weighted by atomic mass is 10.1. The minimum Gasteiger partial charge on any atom is -0.378 e. The minimum absolute atomic E-state index is 0.799. The molecule has 0 radical (unpaired) electrons. The van der Waals surface area contributed by atoms with E-state index in [2.05, 4.69) is 46.6 Å². The summed E-state index contributed by atoms with van der Waals surface area (Å²) in [6.07, 6.45) is 5.86. The average Bonchev–Trinajstić information content (AvgIpc) is 3.05. The first-order valence-corrected chi connectivity index (χ1v) is 6.18. The molecule has 3 rings (SSSR count). The van der Waals surface area contributed by atoms with Crippen molar-refractivity contribution in [2.45, 2.75) is 20.0 Å². The third kappa shape index (κ3) is 1.97. The molecule has 2 N–H and O–H groups in total. The van der Waals surface area contributed by atoms with Crippen molar-refractivity contribution >= 4 is 16.6 Å². The zero-order valence-corrected chi connectivity index (χ0v) is 10.4. The van der Waals surface area contributed by atoms with E-state index in [9.17, 15) is 0 Å². The molecule has 0 aliphatic heterocycles. The van der Waals surface area contributed by atoms with Gasteiger partial charge in [0, 0.05) is 25.5 Å².